The fraction of sp³-hybridized carbons (Fsp3) is 0.0476. The number of pyridine rings is 1. The lowest BCUT2D eigenvalue weighted by atomic mass is 10.1. The third-order valence-corrected chi connectivity index (χ3v) is 4.10. The van der Waals surface area contributed by atoms with E-state index in [1.807, 2.05) is 54.9 Å². The summed E-state index contributed by atoms with van der Waals surface area (Å²) in [5, 5.41) is 2.82. The van der Waals surface area contributed by atoms with Gasteiger partial charge in [0.1, 0.15) is 5.65 Å². The van der Waals surface area contributed by atoms with E-state index in [2.05, 4.69) is 39.0 Å². The number of rotatable bonds is 3. The van der Waals surface area contributed by atoms with Gasteiger partial charge in [0.2, 0.25) is 5.91 Å². The van der Waals surface area contributed by atoms with Crippen molar-refractivity contribution in [2.24, 2.45) is 0 Å². The van der Waals surface area contributed by atoms with Gasteiger partial charge in [-0.15, -0.1) is 12.4 Å². The first kappa shape index (κ1) is 17.7. The highest BCUT2D eigenvalue weighted by molar-refractivity contribution is 5.89. The van der Waals surface area contributed by atoms with E-state index in [4.69, 9.17) is 0 Å². The number of nitrogens with zero attached hydrogens (tertiary/aromatic N) is 2. The lowest BCUT2D eigenvalue weighted by Gasteiger charge is -2.07. The number of carbonyl (C=O) groups excluding carboxylic acids is 1. The van der Waals surface area contributed by atoms with Gasteiger partial charge in [0, 0.05) is 24.4 Å². The van der Waals surface area contributed by atoms with Gasteiger partial charge in [-0.3, -0.25) is 9.20 Å². The van der Waals surface area contributed by atoms with Crippen LogP contribution in [-0.4, -0.2) is 15.3 Å². The first-order chi connectivity index (χ1) is 12.2. The first-order valence-electron chi connectivity index (χ1n) is 8.11. The van der Waals surface area contributed by atoms with E-state index in [1.54, 1.807) is 0 Å². The van der Waals surface area contributed by atoms with E-state index in [0.29, 0.717) is 0 Å². The second kappa shape index (κ2) is 7.42. The Labute approximate surface area is 157 Å². The molecule has 4 aromatic rings. The molecule has 0 aliphatic carbocycles. The van der Waals surface area contributed by atoms with Crippen LogP contribution in [0, 0.1) is 0 Å². The van der Waals surface area contributed by atoms with Crippen molar-refractivity contribution in [3.8, 4) is 22.4 Å². The zero-order valence-electron chi connectivity index (χ0n) is 14.2. The average Bonchev–Trinajstić information content (AvgIpc) is 3.05. The highest BCUT2D eigenvalue weighted by Gasteiger charge is 2.08. The Bertz CT molecular complexity index is 1060. The van der Waals surface area contributed by atoms with Gasteiger partial charge in [0.25, 0.3) is 0 Å². The fourth-order valence-corrected chi connectivity index (χ4v) is 2.96. The minimum atomic E-state index is -0.0807. The molecule has 0 aliphatic heterocycles. The van der Waals surface area contributed by atoms with Crippen LogP contribution in [0.25, 0.3) is 28.0 Å². The normalized spacial score (nSPS) is 10.3. The minimum absolute atomic E-state index is 0. The summed E-state index contributed by atoms with van der Waals surface area (Å²) in [6.45, 7) is 1.51. The van der Waals surface area contributed by atoms with Gasteiger partial charge in [-0.1, -0.05) is 42.5 Å². The molecule has 1 amide bonds. The summed E-state index contributed by atoms with van der Waals surface area (Å²) in [5.74, 6) is -0.0807. The number of hydrogen-bond acceptors (Lipinski definition) is 2. The van der Waals surface area contributed by atoms with Crippen molar-refractivity contribution < 1.29 is 4.79 Å². The van der Waals surface area contributed by atoms with Gasteiger partial charge in [-0.25, -0.2) is 4.98 Å². The molecule has 1 N–H and O–H groups in total. The number of halogens is 1. The Balaban J connectivity index is 0.00000196. The summed E-state index contributed by atoms with van der Waals surface area (Å²) >= 11 is 0. The largest absolute Gasteiger partial charge is 0.326 e. The number of carbonyl (C=O) groups is 1. The molecule has 5 heteroatoms. The predicted molar refractivity (Wildman–Crippen MR) is 108 cm³/mol. The van der Waals surface area contributed by atoms with Gasteiger partial charge in [0.15, 0.2) is 0 Å². The minimum Gasteiger partial charge on any atom is -0.326 e. The predicted octanol–water partition coefficient (Wildman–Crippen LogP) is 5.05. The smallest absolute Gasteiger partial charge is 0.221 e. The molecule has 130 valence electrons. The van der Waals surface area contributed by atoms with Crippen molar-refractivity contribution in [2.45, 2.75) is 6.92 Å². The van der Waals surface area contributed by atoms with Gasteiger partial charge < -0.3 is 5.32 Å². The Hall–Kier alpha value is -3.11. The molecule has 2 aromatic carbocycles. The number of anilines is 1. The zero-order chi connectivity index (χ0) is 17.2. The summed E-state index contributed by atoms with van der Waals surface area (Å²) in [7, 11) is 0. The fourth-order valence-electron chi connectivity index (χ4n) is 2.96. The standard InChI is InChI=1S/C21H17N3O.ClH/c1-15(25)23-19-9-5-8-18(12-19)20-14-22-21-13-17(10-11-24(20)21)16-6-3-2-4-7-16;/h2-14H,1H3,(H,23,25);1H. The number of aromatic nitrogens is 2. The molecule has 0 atom stereocenters. The maximum atomic E-state index is 11.3. The molecule has 26 heavy (non-hydrogen) atoms. The van der Waals surface area contributed by atoms with Gasteiger partial charge in [-0.05, 0) is 35.4 Å². The molecule has 2 aromatic heterocycles. The molecule has 0 spiro atoms. The number of fused-ring (bicyclic) bond motifs is 1. The van der Waals surface area contributed by atoms with E-state index in [9.17, 15) is 4.79 Å². The summed E-state index contributed by atoms with van der Waals surface area (Å²) in [4.78, 5) is 15.8. The van der Waals surface area contributed by atoms with Crippen LogP contribution in [0.1, 0.15) is 6.92 Å². The van der Waals surface area contributed by atoms with E-state index >= 15 is 0 Å². The summed E-state index contributed by atoms with van der Waals surface area (Å²) in [6.07, 6.45) is 3.89. The van der Waals surface area contributed by atoms with E-state index in [0.717, 1.165) is 28.2 Å². The van der Waals surface area contributed by atoms with Crippen LogP contribution >= 0.6 is 12.4 Å². The van der Waals surface area contributed by atoms with Gasteiger partial charge in [-0.2, -0.15) is 0 Å². The van der Waals surface area contributed by atoms with E-state index in [1.165, 1.54) is 12.5 Å². The lowest BCUT2D eigenvalue weighted by Crippen LogP contribution is -2.05. The molecular weight excluding hydrogens is 346 g/mol. The van der Waals surface area contributed by atoms with E-state index < -0.39 is 0 Å². The van der Waals surface area contributed by atoms with Crippen LogP contribution in [0.5, 0.6) is 0 Å². The second-order valence-electron chi connectivity index (χ2n) is 5.92. The third-order valence-electron chi connectivity index (χ3n) is 4.10. The number of hydrogen-bond donors (Lipinski definition) is 1. The van der Waals surface area contributed by atoms with Crippen molar-refractivity contribution in [2.75, 3.05) is 5.32 Å². The molecule has 0 saturated heterocycles. The van der Waals surface area contributed by atoms with Crippen LogP contribution in [-0.2, 0) is 4.79 Å². The molecule has 2 heterocycles. The average molecular weight is 364 g/mol. The monoisotopic (exact) mass is 363 g/mol. The molecule has 0 bridgehead atoms. The molecule has 0 aliphatic rings. The van der Waals surface area contributed by atoms with E-state index in [-0.39, 0.29) is 18.3 Å². The zero-order valence-corrected chi connectivity index (χ0v) is 15.0. The van der Waals surface area contributed by atoms with Crippen molar-refractivity contribution in [3.05, 3.63) is 79.1 Å². The van der Waals surface area contributed by atoms with Crippen LogP contribution < -0.4 is 5.32 Å². The van der Waals surface area contributed by atoms with Crippen LogP contribution in [0.2, 0.25) is 0 Å². The van der Waals surface area contributed by atoms with Gasteiger partial charge >= 0.3 is 0 Å². The topological polar surface area (TPSA) is 46.4 Å². The highest BCUT2D eigenvalue weighted by Crippen LogP contribution is 2.26. The van der Waals surface area contributed by atoms with Crippen LogP contribution in [0.3, 0.4) is 0 Å². The van der Waals surface area contributed by atoms with Crippen molar-refractivity contribution in [3.63, 3.8) is 0 Å². The maximum Gasteiger partial charge on any atom is 0.221 e. The lowest BCUT2D eigenvalue weighted by molar-refractivity contribution is -0.114. The quantitative estimate of drug-likeness (QED) is 0.553. The second-order valence-corrected chi connectivity index (χ2v) is 5.92. The third kappa shape index (κ3) is 3.46. The highest BCUT2D eigenvalue weighted by atomic mass is 35.5. The number of nitrogens with one attached hydrogen (secondary N) is 1. The molecule has 0 saturated carbocycles. The molecule has 4 nitrogen and oxygen atoms in total. The van der Waals surface area contributed by atoms with Crippen LogP contribution in [0.4, 0.5) is 5.69 Å². The Kier molecular flexibility index (Phi) is 5.05. The van der Waals surface area contributed by atoms with Crippen LogP contribution in [0.15, 0.2) is 79.1 Å². The molecule has 0 unspecified atom stereocenters. The van der Waals surface area contributed by atoms with Gasteiger partial charge in [0.05, 0.1) is 11.9 Å². The molecule has 0 fully saturated rings. The number of benzene rings is 2. The summed E-state index contributed by atoms with van der Waals surface area (Å²) in [6, 6.07) is 22.2. The molecular formula is C21H18ClN3O. The molecule has 0 radical (unpaired) electrons. The maximum absolute atomic E-state index is 11.3. The summed E-state index contributed by atoms with van der Waals surface area (Å²) < 4.78 is 2.05. The van der Waals surface area contributed by atoms with Crippen molar-refractivity contribution in [1.82, 2.24) is 9.38 Å². The molecule has 4 rings (SSSR count). The number of amides is 1. The van der Waals surface area contributed by atoms with Crippen molar-refractivity contribution in [1.29, 1.82) is 0 Å². The Morgan fingerprint density at radius 1 is 0.923 bits per heavy atom. The first-order valence-corrected chi connectivity index (χ1v) is 8.11. The Morgan fingerprint density at radius 3 is 2.46 bits per heavy atom. The Morgan fingerprint density at radius 2 is 1.69 bits per heavy atom. The van der Waals surface area contributed by atoms with Crippen molar-refractivity contribution >= 4 is 29.6 Å². The number of imidazole rings is 1. The SMILES string of the molecule is CC(=O)Nc1cccc(-c2cnc3cc(-c4ccccc4)ccn23)c1.Cl. The summed E-state index contributed by atoms with van der Waals surface area (Å²) in [5.41, 5.74) is 5.97.